The van der Waals surface area contributed by atoms with Crippen LogP contribution in [0.2, 0.25) is 0 Å². The Bertz CT molecular complexity index is 743. The van der Waals surface area contributed by atoms with Gasteiger partial charge in [-0.15, -0.1) is 0 Å². The number of anilines is 1. The number of amides is 2. The number of carbonyl (C=O) groups is 2. The van der Waals surface area contributed by atoms with E-state index in [0.717, 1.165) is 24.1 Å². The Hall–Kier alpha value is -2.62. The first-order valence-corrected chi connectivity index (χ1v) is 8.89. The lowest BCUT2D eigenvalue weighted by Gasteiger charge is -2.09. The normalized spacial score (nSPS) is 18.4. The highest BCUT2D eigenvalue weighted by molar-refractivity contribution is 5.99. The van der Waals surface area contributed by atoms with Gasteiger partial charge in [0.25, 0.3) is 0 Å². The molecule has 2 aromatic rings. The highest BCUT2D eigenvalue weighted by Crippen LogP contribution is 2.39. The van der Waals surface area contributed by atoms with E-state index in [1.807, 2.05) is 54.6 Å². The zero-order valence-corrected chi connectivity index (χ0v) is 14.5. The van der Waals surface area contributed by atoms with Crippen LogP contribution in [0.4, 0.5) is 5.69 Å². The van der Waals surface area contributed by atoms with Crippen LogP contribution in [0.25, 0.3) is 0 Å². The van der Waals surface area contributed by atoms with Gasteiger partial charge in [-0.3, -0.25) is 9.59 Å². The van der Waals surface area contributed by atoms with Gasteiger partial charge in [-0.25, -0.2) is 0 Å². The molecule has 25 heavy (non-hydrogen) atoms. The number of para-hydroxylation sites is 1. The molecule has 0 spiro atoms. The summed E-state index contributed by atoms with van der Waals surface area (Å²) in [5, 5.41) is 5.92. The fourth-order valence-corrected chi connectivity index (χ4v) is 3.06. The second-order valence-electron chi connectivity index (χ2n) is 6.48. The Morgan fingerprint density at radius 2 is 1.64 bits per heavy atom. The Morgan fingerprint density at radius 3 is 2.40 bits per heavy atom. The van der Waals surface area contributed by atoms with Gasteiger partial charge in [0.05, 0.1) is 11.8 Å². The standard InChI is InChI=1S/C21H24N2O2/c1-2-16-10-6-7-11-19(16)23-21(25)18-14-17(18)20(24)22-13-12-15-8-4-3-5-9-15/h3-11,17-18H,2,12-14H2,1H3,(H,22,24)(H,23,25). The van der Waals surface area contributed by atoms with Crippen molar-refractivity contribution in [3.05, 3.63) is 65.7 Å². The predicted molar refractivity (Wildman–Crippen MR) is 99.2 cm³/mol. The number of hydrogen-bond acceptors (Lipinski definition) is 2. The summed E-state index contributed by atoms with van der Waals surface area (Å²) in [4.78, 5) is 24.6. The summed E-state index contributed by atoms with van der Waals surface area (Å²) in [5.74, 6) is -0.463. The number of nitrogens with one attached hydrogen (secondary N) is 2. The van der Waals surface area contributed by atoms with E-state index < -0.39 is 0 Å². The van der Waals surface area contributed by atoms with E-state index in [-0.39, 0.29) is 23.7 Å². The summed E-state index contributed by atoms with van der Waals surface area (Å²) in [5.41, 5.74) is 3.16. The highest BCUT2D eigenvalue weighted by atomic mass is 16.2. The smallest absolute Gasteiger partial charge is 0.228 e. The molecular formula is C21H24N2O2. The predicted octanol–water partition coefficient (Wildman–Crippen LogP) is 3.18. The molecule has 0 bridgehead atoms. The SMILES string of the molecule is CCc1ccccc1NC(=O)C1CC1C(=O)NCCc1ccccc1. The van der Waals surface area contributed by atoms with Gasteiger partial charge in [0, 0.05) is 12.2 Å². The molecule has 0 saturated heterocycles. The van der Waals surface area contributed by atoms with Crippen LogP contribution in [0.5, 0.6) is 0 Å². The monoisotopic (exact) mass is 336 g/mol. The van der Waals surface area contributed by atoms with Gasteiger partial charge in [-0.1, -0.05) is 55.5 Å². The van der Waals surface area contributed by atoms with Crippen LogP contribution >= 0.6 is 0 Å². The van der Waals surface area contributed by atoms with Crippen molar-refractivity contribution in [2.24, 2.45) is 11.8 Å². The molecule has 0 heterocycles. The van der Waals surface area contributed by atoms with Gasteiger partial charge in [-0.2, -0.15) is 0 Å². The second-order valence-corrected chi connectivity index (χ2v) is 6.48. The quantitative estimate of drug-likeness (QED) is 0.816. The molecule has 2 amide bonds. The Balaban J connectivity index is 1.45. The first kappa shape index (κ1) is 17.2. The lowest BCUT2D eigenvalue weighted by atomic mass is 10.1. The topological polar surface area (TPSA) is 58.2 Å². The molecule has 0 aromatic heterocycles. The zero-order chi connectivity index (χ0) is 17.6. The lowest BCUT2D eigenvalue weighted by Crippen LogP contribution is -2.29. The van der Waals surface area contributed by atoms with Crippen LogP contribution in [-0.4, -0.2) is 18.4 Å². The third-order valence-corrected chi connectivity index (χ3v) is 4.68. The molecule has 0 radical (unpaired) electrons. The maximum absolute atomic E-state index is 12.4. The van der Waals surface area contributed by atoms with Crippen molar-refractivity contribution < 1.29 is 9.59 Å². The van der Waals surface area contributed by atoms with Crippen molar-refractivity contribution in [2.45, 2.75) is 26.2 Å². The van der Waals surface area contributed by atoms with E-state index in [0.29, 0.717) is 13.0 Å². The molecule has 1 saturated carbocycles. The van der Waals surface area contributed by atoms with Crippen LogP contribution in [0, 0.1) is 11.8 Å². The molecule has 1 aliphatic rings. The van der Waals surface area contributed by atoms with E-state index >= 15 is 0 Å². The second kappa shape index (κ2) is 7.97. The minimum atomic E-state index is -0.207. The Morgan fingerprint density at radius 1 is 0.960 bits per heavy atom. The van der Waals surface area contributed by atoms with Crippen LogP contribution in [0.3, 0.4) is 0 Å². The molecule has 0 aliphatic heterocycles. The Kier molecular flexibility index (Phi) is 5.49. The summed E-state index contributed by atoms with van der Waals surface area (Å²) < 4.78 is 0. The first-order chi connectivity index (χ1) is 12.2. The number of carbonyl (C=O) groups excluding carboxylic acids is 2. The van der Waals surface area contributed by atoms with Crippen LogP contribution in [0.15, 0.2) is 54.6 Å². The molecule has 1 aliphatic carbocycles. The van der Waals surface area contributed by atoms with E-state index in [4.69, 9.17) is 0 Å². The lowest BCUT2D eigenvalue weighted by molar-refractivity contribution is -0.125. The molecule has 4 heteroatoms. The minimum absolute atomic E-state index is 0.0140. The van der Waals surface area contributed by atoms with Crippen LogP contribution in [0.1, 0.15) is 24.5 Å². The number of aryl methyl sites for hydroxylation is 1. The first-order valence-electron chi connectivity index (χ1n) is 8.89. The summed E-state index contributed by atoms with van der Waals surface area (Å²) in [6.07, 6.45) is 2.31. The molecule has 1 fully saturated rings. The van der Waals surface area contributed by atoms with Gasteiger partial charge in [-0.05, 0) is 36.5 Å². The fraction of sp³-hybridized carbons (Fsp3) is 0.333. The highest BCUT2D eigenvalue weighted by Gasteiger charge is 2.47. The van der Waals surface area contributed by atoms with Crippen molar-refractivity contribution >= 4 is 17.5 Å². The van der Waals surface area contributed by atoms with Gasteiger partial charge in [0.15, 0.2) is 0 Å². The van der Waals surface area contributed by atoms with Crippen molar-refractivity contribution in [1.82, 2.24) is 5.32 Å². The van der Waals surface area contributed by atoms with Gasteiger partial charge in [0.1, 0.15) is 0 Å². The van der Waals surface area contributed by atoms with Crippen molar-refractivity contribution in [1.29, 1.82) is 0 Å². The number of hydrogen-bond donors (Lipinski definition) is 2. The summed E-state index contributed by atoms with van der Waals surface area (Å²) in [6.45, 7) is 2.66. The minimum Gasteiger partial charge on any atom is -0.356 e. The summed E-state index contributed by atoms with van der Waals surface area (Å²) in [7, 11) is 0. The van der Waals surface area contributed by atoms with E-state index in [1.165, 1.54) is 5.56 Å². The van der Waals surface area contributed by atoms with Crippen molar-refractivity contribution in [3.63, 3.8) is 0 Å². The van der Waals surface area contributed by atoms with E-state index in [2.05, 4.69) is 17.6 Å². The molecule has 2 aromatic carbocycles. The third kappa shape index (κ3) is 4.47. The molecule has 2 atom stereocenters. The average Bonchev–Trinajstić information content (AvgIpc) is 3.44. The largest absolute Gasteiger partial charge is 0.356 e. The van der Waals surface area contributed by atoms with Crippen LogP contribution < -0.4 is 10.6 Å². The molecule has 3 rings (SSSR count). The third-order valence-electron chi connectivity index (χ3n) is 4.68. The molecular weight excluding hydrogens is 312 g/mol. The zero-order valence-electron chi connectivity index (χ0n) is 14.5. The fourth-order valence-electron chi connectivity index (χ4n) is 3.06. The van der Waals surface area contributed by atoms with E-state index in [9.17, 15) is 9.59 Å². The number of benzene rings is 2. The van der Waals surface area contributed by atoms with Crippen molar-refractivity contribution in [3.8, 4) is 0 Å². The Labute approximate surface area is 148 Å². The van der Waals surface area contributed by atoms with Gasteiger partial charge in [0.2, 0.25) is 11.8 Å². The van der Waals surface area contributed by atoms with Gasteiger partial charge >= 0.3 is 0 Å². The average molecular weight is 336 g/mol. The molecule has 4 nitrogen and oxygen atoms in total. The molecule has 2 unspecified atom stereocenters. The molecule has 2 N–H and O–H groups in total. The maximum atomic E-state index is 12.4. The summed E-state index contributed by atoms with van der Waals surface area (Å²) in [6, 6.07) is 17.9. The van der Waals surface area contributed by atoms with Crippen molar-refractivity contribution in [2.75, 3.05) is 11.9 Å². The van der Waals surface area contributed by atoms with E-state index in [1.54, 1.807) is 0 Å². The van der Waals surface area contributed by atoms with Gasteiger partial charge < -0.3 is 10.6 Å². The molecule has 130 valence electrons. The summed E-state index contributed by atoms with van der Waals surface area (Å²) >= 11 is 0. The maximum Gasteiger partial charge on any atom is 0.228 e. The van der Waals surface area contributed by atoms with Crippen LogP contribution in [-0.2, 0) is 22.4 Å². The number of rotatable bonds is 7.